The lowest BCUT2D eigenvalue weighted by Gasteiger charge is -2.37. The number of aromatic nitrogens is 1. The van der Waals surface area contributed by atoms with E-state index in [0.717, 1.165) is 18.6 Å². The van der Waals surface area contributed by atoms with E-state index in [2.05, 4.69) is 4.98 Å². The predicted octanol–water partition coefficient (Wildman–Crippen LogP) is 3.50. The van der Waals surface area contributed by atoms with Gasteiger partial charge >= 0.3 is 0 Å². The molecular weight excluding hydrogens is 360 g/mol. The highest BCUT2D eigenvalue weighted by atomic mass is 35.5. The normalized spacial score (nSPS) is 26.5. The van der Waals surface area contributed by atoms with E-state index in [-0.39, 0.29) is 28.1 Å². The number of hydrogen-bond acceptors (Lipinski definition) is 4. The Kier molecular flexibility index (Phi) is 4.43. The molecule has 7 heteroatoms. The van der Waals surface area contributed by atoms with Crippen molar-refractivity contribution in [1.82, 2.24) is 9.29 Å². The average Bonchev–Trinajstić information content (AvgIpc) is 2.89. The van der Waals surface area contributed by atoms with Gasteiger partial charge in [-0.1, -0.05) is 23.7 Å². The van der Waals surface area contributed by atoms with E-state index in [1.54, 1.807) is 41.0 Å². The molecule has 0 N–H and O–H groups in total. The van der Waals surface area contributed by atoms with E-state index < -0.39 is 10.0 Å². The van der Waals surface area contributed by atoms with Crippen LogP contribution in [0.25, 0.3) is 0 Å². The number of nitrogens with zero attached hydrogens (tertiary/aromatic N) is 2. The smallest absolute Gasteiger partial charge is 0.245 e. The Morgan fingerprint density at radius 2 is 1.68 bits per heavy atom. The molecule has 2 unspecified atom stereocenters. The third-order valence-electron chi connectivity index (χ3n) is 4.97. The molecule has 2 aliphatic rings. The minimum absolute atomic E-state index is 0.0256. The minimum atomic E-state index is -3.59. The average molecular weight is 379 g/mol. The molecule has 0 saturated carbocycles. The Hall–Kier alpha value is -1.63. The Labute approximate surface area is 152 Å². The number of piperidine rings is 1. The third kappa shape index (κ3) is 3.14. The first-order chi connectivity index (χ1) is 12.1. The highest BCUT2D eigenvalue weighted by Gasteiger charge is 2.48. The van der Waals surface area contributed by atoms with Gasteiger partial charge in [0.25, 0.3) is 0 Å². The fourth-order valence-corrected chi connectivity index (χ4v) is 6.34. The maximum Gasteiger partial charge on any atom is 0.245 e. The van der Waals surface area contributed by atoms with Gasteiger partial charge in [0.15, 0.2) is 0 Å². The van der Waals surface area contributed by atoms with Crippen molar-refractivity contribution in [2.75, 3.05) is 0 Å². The van der Waals surface area contributed by atoms with Crippen molar-refractivity contribution in [3.8, 4) is 5.75 Å². The first-order valence-electron chi connectivity index (χ1n) is 8.40. The number of hydrogen-bond donors (Lipinski definition) is 0. The van der Waals surface area contributed by atoms with Crippen molar-refractivity contribution in [2.24, 2.45) is 0 Å². The maximum atomic E-state index is 13.1. The zero-order valence-corrected chi connectivity index (χ0v) is 15.2. The molecule has 1 aromatic heterocycles. The molecule has 2 aromatic rings. The van der Waals surface area contributed by atoms with E-state index in [4.69, 9.17) is 16.3 Å². The highest BCUT2D eigenvalue weighted by Crippen LogP contribution is 2.41. The van der Waals surface area contributed by atoms with Crippen molar-refractivity contribution >= 4 is 21.6 Å². The Balaban J connectivity index is 1.56. The van der Waals surface area contributed by atoms with Gasteiger partial charge in [-0.15, -0.1) is 0 Å². The van der Waals surface area contributed by atoms with Crippen LogP contribution in [0.5, 0.6) is 5.75 Å². The summed E-state index contributed by atoms with van der Waals surface area (Å²) in [6.07, 6.45) is 6.54. The molecule has 2 atom stereocenters. The molecule has 0 radical (unpaired) electrons. The van der Waals surface area contributed by atoms with Gasteiger partial charge in [0.2, 0.25) is 10.0 Å². The summed E-state index contributed by atoms with van der Waals surface area (Å²) in [4.78, 5) is 4.18. The summed E-state index contributed by atoms with van der Waals surface area (Å²) in [5, 5.41) is 0.275. The van der Waals surface area contributed by atoms with Gasteiger partial charge in [0.05, 0.1) is 5.02 Å². The van der Waals surface area contributed by atoms with Gasteiger partial charge < -0.3 is 4.74 Å². The van der Waals surface area contributed by atoms with Crippen LogP contribution in [0.4, 0.5) is 0 Å². The van der Waals surface area contributed by atoms with Crippen LogP contribution in [0.2, 0.25) is 5.02 Å². The molecule has 3 heterocycles. The summed E-state index contributed by atoms with van der Waals surface area (Å²) in [6, 6.07) is 10.2. The quantitative estimate of drug-likeness (QED) is 0.817. The van der Waals surface area contributed by atoms with Gasteiger partial charge in [-0.25, -0.2) is 8.42 Å². The van der Waals surface area contributed by atoms with Gasteiger partial charge in [-0.3, -0.25) is 4.98 Å². The van der Waals surface area contributed by atoms with Gasteiger partial charge in [-0.2, -0.15) is 4.31 Å². The van der Waals surface area contributed by atoms with Crippen LogP contribution in [0.15, 0.2) is 53.7 Å². The fraction of sp³-hybridized carbons (Fsp3) is 0.389. The lowest BCUT2D eigenvalue weighted by atomic mass is 10.0. The lowest BCUT2D eigenvalue weighted by Crippen LogP contribution is -2.49. The van der Waals surface area contributed by atoms with Gasteiger partial charge in [0, 0.05) is 37.3 Å². The summed E-state index contributed by atoms with van der Waals surface area (Å²) in [5.74, 6) is 0.779. The summed E-state index contributed by atoms with van der Waals surface area (Å²) in [7, 11) is -3.59. The van der Waals surface area contributed by atoms with Crippen LogP contribution in [-0.4, -0.2) is 35.9 Å². The van der Waals surface area contributed by atoms with Crippen LogP contribution in [0.3, 0.4) is 0 Å². The lowest BCUT2D eigenvalue weighted by molar-refractivity contribution is 0.0956. The van der Waals surface area contributed by atoms with E-state index in [1.807, 2.05) is 12.1 Å². The SMILES string of the molecule is O=S(=O)(c1ccccc1Cl)N1C2CCC1CC(Oc1ccncc1)C2. The Morgan fingerprint density at radius 3 is 2.32 bits per heavy atom. The molecular formula is C18H19ClN2O3S. The monoisotopic (exact) mass is 378 g/mol. The van der Waals surface area contributed by atoms with Crippen LogP contribution in [-0.2, 0) is 10.0 Å². The van der Waals surface area contributed by atoms with Crippen LogP contribution < -0.4 is 4.74 Å². The fourth-order valence-electron chi connectivity index (χ4n) is 3.95. The third-order valence-corrected chi connectivity index (χ3v) is 7.47. The first-order valence-corrected chi connectivity index (χ1v) is 10.2. The topological polar surface area (TPSA) is 59.5 Å². The number of fused-ring (bicyclic) bond motifs is 2. The summed E-state index contributed by atoms with van der Waals surface area (Å²) < 4.78 is 34.0. The molecule has 1 aromatic carbocycles. The molecule has 0 aliphatic carbocycles. The zero-order chi connectivity index (χ0) is 17.4. The molecule has 2 bridgehead atoms. The van der Waals surface area contributed by atoms with Crippen LogP contribution >= 0.6 is 11.6 Å². The van der Waals surface area contributed by atoms with E-state index in [0.29, 0.717) is 12.8 Å². The second-order valence-corrected chi connectivity index (χ2v) is 8.76. The summed E-state index contributed by atoms with van der Waals surface area (Å²) in [5.41, 5.74) is 0. The van der Waals surface area contributed by atoms with E-state index in [1.165, 1.54) is 0 Å². The first kappa shape index (κ1) is 16.8. The largest absolute Gasteiger partial charge is 0.490 e. The van der Waals surface area contributed by atoms with Crippen molar-refractivity contribution in [3.05, 3.63) is 53.8 Å². The van der Waals surface area contributed by atoms with Crippen molar-refractivity contribution in [1.29, 1.82) is 0 Å². The maximum absolute atomic E-state index is 13.1. The van der Waals surface area contributed by atoms with E-state index >= 15 is 0 Å². The molecule has 2 saturated heterocycles. The van der Waals surface area contributed by atoms with Crippen molar-refractivity contribution < 1.29 is 13.2 Å². The number of ether oxygens (including phenoxy) is 1. The van der Waals surface area contributed by atoms with Gasteiger partial charge in [-0.05, 0) is 37.1 Å². The molecule has 132 valence electrons. The number of pyridine rings is 1. The number of halogens is 1. The standard InChI is InChI=1S/C18H19ClN2O3S/c19-17-3-1-2-4-18(17)25(22,23)21-13-5-6-14(21)12-16(11-13)24-15-7-9-20-10-8-15/h1-4,7-10,13-14,16H,5-6,11-12H2. The van der Waals surface area contributed by atoms with Gasteiger partial charge in [0.1, 0.15) is 16.7 Å². The van der Waals surface area contributed by atoms with Crippen molar-refractivity contribution in [2.45, 2.75) is 48.8 Å². The number of sulfonamides is 1. The molecule has 0 spiro atoms. The van der Waals surface area contributed by atoms with E-state index in [9.17, 15) is 8.42 Å². The predicted molar refractivity (Wildman–Crippen MR) is 95.2 cm³/mol. The molecule has 4 rings (SSSR count). The number of benzene rings is 1. The second-order valence-electron chi connectivity index (χ2n) is 6.54. The Bertz CT molecular complexity index is 846. The Morgan fingerprint density at radius 1 is 1.04 bits per heavy atom. The number of rotatable bonds is 4. The van der Waals surface area contributed by atoms with Crippen LogP contribution in [0, 0.1) is 0 Å². The molecule has 2 fully saturated rings. The highest BCUT2D eigenvalue weighted by molar-refractivity contribution is 7.89. The summed E-state index contributed by atoms with van der Waals surface area (Å²) in [6.45, 7) is 0. The zero-order valence-electron chi connectivity index (χ0n) is 13.6. The second kappa shape index (κ2) is 6.59. The molecule has 0 amide bonds. The molecule has 2 aliphatic heterocycles. The minimum Gasteiger partial charge on any atom is -0.490 e. The van der Waals surface area contributed by atoms with Crippen molar-refractivity contribution in [3.63, 3.8) is 0 Å². The molecule has 5 nitrogen and oxygen atoms in total. The summed E-state index contributed by atoms with van der Waals surface area (Å²) >= 11 is 6.14. The van der Waals surface area contributed by atoms with Crippen LogP contribution in [0.1, 0.15) is 25.7 Å². The molecule has 25 heavy (non-hydrogen) atoms.